The van der Waals surface area contributed by atoms with Gasteiger partial charge in [-0.3, -0.25) is 4.79 Å². The molecule has 2 amide bonds. The van der Waals surface area contributed by atoms with E-state index in [1.54, 1.807) is 14.2 Å². The highest BCUT2D eigenvalue weighted by Gasteiger charge is 2.30. The van der Waals surface area contributed by atoms with Gasteiger partial charge in [0, 0.05) is 33.2 Å². The summed E-state index contributed by atoms with van der Waals surface area (Å²) in [5, 5.41) is 11.4. The zero-order chi connectivity index (χ0) is 12.8. The Kier molecular flexibility index (Phi) is 5.21. The van der Waals surface area contributed by atoms with E-state index in [0.29, 0.717) is 13.0 Å². The highest BCUT2D eigenvalue weighted by molar-refractivity contribution is 5.74. The molecule has 1 aliphatic carbocycles. The van der Waals surface area contributed by atoms with Crippen LogP contribution in [0.25, 0.3) is 0 Å². The van der Waals surface area contributed by atoms with E-state index in [1.165, 1.54) is 4.90 Å². The number of methoxy groups -OCH3 is 1. The molecule has 1 saturated carbocycles. The van der Waals surface area contributed by atoms with Crippen LogP contribution in [0.3, 0.4) is 0 Å². The van der Waals surface area contributed by atoms with Crippen molar-refractivity contribution in [3.05, 3.63) is 0 Å². The van der Waals surface area contributed by atoms with Crippen molar-refractivity contribution in [3.8, 4) is 0 Å². The zero-order valence-electron chi connectivity index (χ0n) is 10.3. The first-order valence-electron chi connectivity index (χ1n) is 5.79. The molecule has 2 N–H and O–H groups in total. The van der Waals surface area contributed by atoms with Gasteiger partial charge in [0.25, 0.3) is 0 Å². The van der Waals surface area contributed by atoms with E-state index in [-0.39, 0.29) is 24.6 Å². The lowest BCUT2D eigenvalue weighted by molar-refractivity contribution is -0.137. The van der Waals surface area contributed by atoms with Gasteiger partial charge in [0.2, 0.25) is 0 Å². The molecule has 0 saturated heterocycles. The van der Waals surface area contributed by atoms with E-state index in [4.69, 9.17) is 9.84 Å². The van der Waals surface area contributed by atoms with Crippen LogP contribution in [0.1, 0.15) is 25.7 Å². The van der Waals surface area contributed by atoms with Crippen molar-refractivity contribution in [2.24, 2.45) is 0 Å². The van der Waals surface area contributed by atoms with Gasteiger partial charge in [-0.25, -0.2) is 4.79 Å². The third-order valence-corrected chi connectivity index (χ3v) is 2.99. The molecule has 0 atom stereocenters. The Morgan fingerprint density at radius 3 is 2.65 bits per heavy atom. The van der Waals surface area contributed by atoms with Crippen molar-refractivity contribution in [3.63, 3.8) is 0 Å². The number of hydrogen-bond acceptors (Lipinski definition) is 3. The molecule has 0 aromatic carbocycles. The van der Waals surface area contributed by atoms with Gasteiger partial charge >= 0.3 is 12.0 Å². The van der Waals surface area contributed by atoms with Crippen LogP contribution in [0.2, 0.25) is 0 Å². The largest absolute Gasteiger partial charge is 0.481 e. The molecule has 1 aliphatic rings. The molecule has 0 bridgehead atoms. The van der Waals surface area contributed by atoms with Crippen molar-refractivity contribution >= 4 is 12.0 Å². The van der Waals surface area contributed by atoms with Crippen LogP contribution in [0.15, 0.2) is 0 Å². The third kappa shape index (κ3) is 4.60. The maximum atomic E-state index is 11.6. The Morgan fingerprint density at radius 2 is 2.12 bits per heavy atom. The van der Waals surface area contributed by atoms with E-state index in [1.807, 2.05) is 0 Å². The van der Waals surface area contributed by atoms with Gasteiger partial charge in [0.15, 0.2) is 0 Å². The van der Waals surface area contributed by atoms with Crippen molar-refractivity contribution in [2.75, 3.05) is 20.7 Å². The summed E-state index contributed by atoms with van der Waals surface area (Å²) in [6, 6.07) is 0.0457. The number of hydrogen-bond donors (Lipinski definition) is 2. The molecule has 0 aromatic rings. The van der Waals surface area contributed by atoms with Gasteiger partial charge in [-0.2, -0.15) is 0 Å². The van der Waals surface area contributed by atoms with Gasteiger partial charge < -0.3 is 20.1 Å². The SMILES string of the molecule is COC1CC(NC(=O)N(C)CCCC(=O)O)C1. The maximum absolute atomic E-state index is 11.6. The number of nitrogens with one attached hydrogen (secondary N) is 1. The first-order chi connectivity index (χ1) is 8.02. The lowest BCUT2D eigenvalue weighted by Gasteiger charge is -2.35. The molecule has 0 radical (unpaired) electrons. The molecule has 0 unspecified atom stereocenters. The fraction of sp³-hybridized carbons (Fsp3) is 0.818. The second-order valence-electron chi connectivity index (χ2n) is 4.39. The van der Waals surface area contributed by atoms with E-state index >= 15 is 0 Å². The Morgan fingerprint density at radius 1 is 1.47 bits per heavy atom. The Labute approximate surface area is 101 Å². The minimum absolute atomic E-state index is 0.0901. The summed E-state index contributed by atoms with van der Waals surface area (Å²) in [6.45, 7) is 0.457. The van der Waals surface area contributed by atoms with E-state index < -0.39 is 5.97 Å². The number of urea groups is 1. The standard InChI is InChI=1S/C11H20N2O4/c1-13(5-3-4-10(14)15)11(16)12-8-6-9(7-8)17-2/h8-9H,3-7H2,1-2H3,(H,12,16)(H,14,15). The minimum Gasteiger partial charge on any atom is -0.481 e. The fourth-order valence-corrected chi connectivity index (χ4v) is 1.73. The van der Waals surface area contributed by atoms with Crippen LogP contribution < -0.4 is 5.32 Å². The molecule has 0 heterocycles. The van der Waals surface area contributed by atoms with Gasteiger partial charge in [-0.05, 0) is 19.3 Å². The summed E-state index contributed by atoms with van der Waals surface area (Å²) in [7, 11) is 3.34. The first-order valence-corrected chi connectivity index (χ1v) is 5.79. The summed E-state index contributed by atoms with van der Waals surface area (Å²) in [5.41, 5.74) is 0. The number of ether oxygens (including phenoxy) is 1. The highest BCUT2D eigenvalue weighted by atomic mass is 16.5. The van der Waals surface area contributed by atoms with Crippen LogP contribution in [0.5, 0.6) is 0 Å². The number of carboxylic acid groups (broad SMARTS) is 1. The van der Waals surface area contributed by atoms with Crippen molar-refractivity contribution in [2.45, 2.75) is 37.8 Å². The van der Waals surface area contributed by atoms with Gasteiger partial charge in [-0.1, -0.05) is 0 Å². The Bertz CT molecular complexity index is 277. The quantitative estimate of drug-likeness (QED) is 0.719. The molecular formula is C11H20N2O4. The third-order valence-electron chi connectivity index (χ3n) is 2.99. The van der Waals surface area contributed by atoms with Crippen molar-refractivity contribution in [1.82, 2.24) is 10.2 Å². The molecule has 98 valence electrons. The van der Waals surface area contributed by atoms with Crippen LogP contribution in [-0.4, -0.2) is 54.9 Å². The topological polar surface area (TPSA) is 78.9 Å². The van der Waals surface area contributed by atoms with Crippen LogP contribution in [0, 0.1) is 0 Å². The lowest BCUT2D eigenvalue weighted by Crippen LogP contribution is -2.51. The fourth-order valence-electron chi connectivity index (χ4n) is 1.73. The van der Waals surface area contributed by atoms with Gasteiger partial charge in [0.05, 0.1) is 6.10 Å². The predicted molar refractivity (Wildman–Crippen MR) is 61.9 cm³/mol. The minimum atomic E-state index is -0.833. The molecular weight excluding hydrogens is 224 g/mol. The number of carboxylic acids is 1. The monoisotopic (exact) mass is 244 g/mol. The van der Waals surface area contributed by atoms with E-state index in [9.17, 15) is 9.59 Å². The van der Waals surface area contributed by atoms with Crippen LogP contribution in [0.4, 0.5) is 4.79 Å². The molecule has 0 aliphatic heterocycles. The van der Waals surface area contributed by atoms with Crippen LogP contribution in [-0.2, 0) is 9.53 Å². The second kappa shape index (κ2) is 6.44. The zero-order valence-corrected chi connectivity index (χ0v) is 10.3. The molecule has 0 spiro atoms. The second-order valence-corrected chi connectivity index (χ2v) is 4.39. The average Bonchev–Trinajstić information content (AvgIpc) is 2.21. The normalized spacial score (nSPS) is 22.7. The summed E-state index contributed by atoms with van der Waals surface area (Å²) >= 11 is 0. The first kappa shape index (κ1) is 13.8. The number of rotatable bonds is 6. The van der Waals surface area contributed by atoms with Gasteiger partial charge in [0.1, 0.15) is 0 Å². The number of nitrogens with zero attached hydrogens (tertiary/aromatic N) is 1. The molecule has 6 heteroatoms. The predicted octanol–water partition coefficient (Wildman–Crippen LogP) is 0.670. The number of aliphatic carboxylic acids is 1. The summed E-state index contributed by atoms with van der Waals surface area (Å²) in [6.07, 6.45) is 2.53. The van der Waals surface area contributed by atoms with E-state index in [0.717, 1.165) is 12.8 Å². The number of carbonyl (C=O) groups excluding carboxylic acids is 1. The molecule has 0 aromatic heterocycles. The molecule has 1 fully saturated rings. The average molecular weight is 244 g/mol. The lowest BCUT2D eigenvalue weighted by atomic mass is 9.89. The molecule has 1 rings (SSSR count). The number of carbonyl (C=O) groups is 2. The molecule has 17 heavy (non-hydrogen) atoms. The summed E-state index contributed by atoms with van der Waals surface area (Å²) in [4.78, 5) is 23.5. The molecule has 6 nitrogen and oxygen atoms in total. The summed E-state index contributed by atoms with van der Waals surface area (Å²) in [5.74, 6) is -0.833. The summed E-state index contributed by atoms with van der Waals surface area (Å²) < 4.78 is 5.12. The number of amides is 2. The smallest absolute Gasteiger partial charge is 0.317 e. The van der Waals surface area contributed by atoms with Crippen molar-refractivity contribution < 1.29 is 19.4 Å². The van der Waals surface area contributed by atoms with E-state index in [2.05, 4.69) is 5.32 Å². The highest BCUT2D eigenvalue weighted by Crippen LogP contribution is 2.22. The Balaban J connectivity index is 2.12. The van der Waals surface area contributed by atoms with Crippen LogP contribution >= 0.6 is 0 Å². The van der Waals surface area contributed by atoms with Crippen molar-refractivity contribution in [1.29, 1.82) is 0 Å². The van der Waals surface area contributed by atoms with Gasteiger partial charge in [-0.15, -0.1) is 0 Å². The Hall–Kier alpha value is -1.30. The maximum Gasteiger partial charge on any atom is 0.317 e.